The fourth-order valence-corrected chi connectivity index (χ4v) is 4.55. The van der Waals surface area contributed by atoms with E-state index in [9.17, 15) is 9.90 Å². The number of phenolic OH excluding ortho intramolecular Hbond substituents is 1. The molecular weight excluding hydrogens is 402 g/mol. The van der Waals surface area contributed by atoms with Gasteiger partial charge < -0.3 is 13.9 Å². The lowest BCUT2D eigenvalue weighted by Gasteiger charge is -2.10. The van der Waals surface area contributed by atoms with Crippen molar-refractivity contribution in [1.29, 1.82) is 0 Å². The number of aryl methyl sites for hydroxylation is 1. The van der Waals surface area contributed by atoms with E-state index in [0.717, 1.165) is 46.1 Å². The van der Waals surface area contributed by atoms with E-state index in [0.29, 0.717) is 30.2 Å². The molecule has 7 nitrogen and oxygen atoms in total. The van der Waals surface area contributed by atoms with Crippen LogP contribution in [0.4, 0.5) is 0 Å². The molecule has 0 spiro atoms. The highest BCUT2D eigenvalue weighted by Crippen LogP contribution is 2.40. The molecule has 0 radical (unpaired) electrons. The third-order valence-electron chi connectivity index (χ3n) is 5.35. The average molecular weight is 423 g/mol. The van der Waals surface area contributed by atoms with E-state index in [1.807, 2.05) is 25.1 Å². The molecule has 1 saturated carbocycles. The number of nitrogens with zero attached hydrogens (tertiary/aromatic N) is 3. The number of aromatic nitrogens is 3. The lowest BCUT2D eigenvalue weighted by molar-refractivity contribution is 0.466. The van der Waals surface area contributed by atoms with Crippen molar-refractivity contribution in [3.8, 4) is 5.75 Å². The quantitative estimate of drug-likeness (QED) is 0.346. The van der Waals surface area contributed by atoms with E-state index in [2.05, 4.69) is 14.8 Å². The van der Waals surface area contributed by atoms with Crippen LogP contribution in [0.1, 0.15) is 48.4 Å². The Balaban J connectivity index is 1.48. The lowest BCUT2D eigenvalue weighted by atomic mass is 10.1. The molecule has 0 aliphatic heterocycles. The Bertz CT molecular complexity index is 1260. The molecule has 3 aromatic heterocycles. The Morgan fingerprint density at radius 1 is 1.23 bits per heavy atom. The second-order valence-corrected chi connectivity index (χ2v) is 8.43. The summed E-state index contributed by atoms with van der Waals surface area (Å²) < 4.78 is 12.9. The summed E-state index contributed by atoms with van der Waals surface area (Å²) in [6.07, 6.45) is 4.62. The first-order valence-electron chi connectivity index (χ1n) is 9.99. The Labute approximate surface area is 176 Å². The first-order chi connectivity index (χ1) is 14.6. The molecule has 0 unspecified atom stereocenters. The summed E-state index contributed by atoms with van der Waals surface area (Å²) in [6.45, 7) is 2.56. The first-order valence-corrected chi connectivity index (χ1v) is 11.0. The van der Waals surface area contributed by atoms with Crippen LogP contribution in [0.2, 0.25) is 0 Å². The number of hydrogen-bond donors (Lipinski definition) is 1. The Kier molecular flexibility index (Phi) is 4.86. The molecule has 8 heteroatoms. The van der Waals surface area contributed by atoms with Crippen LogP contribution in [0.5, 0.6) is 5.75 Å². The summed E-state index contributed by atoms with van der Waals surface area (Å²) >= 11 is 1.53. The van der Waals surface area contributed by atoms with Gasteiger partial charge in [-0.1, -0.05) is 18.7 Å². The summed E-state index contributed by atoms with van der Waals surface area (Å²) in [7, 11) is 0. The van der Waals surface area contributed by atoms with Crippen molar-refractivity contribution in [2.75, 3.05) is 0 Å². The number of thioether (sulfide) groups is 1. The summed E-state index contributed by atoms with van der Waals surface area (Å²) in [5.74, 6) is 2.99. The molecule has 3 heterocycles. The van der Waals surface area contributed by atoms with Gasteiger partial charge in [-0.15, -0.1) is 10.2 Å². The average Bonchev–Trinajstić information content (AvgIpc) is 3.29. The van der Waals surface area contributed by atoms with Gasteiger partial charge in [-0.25, -0.2) is 4.79 Å². The predicted molar refractivity (Wildman–Crippen MR) is 113 cm³/mol. The topological polar surface area (TPSA) is 94.3 Å². The van der Waals surface area contributed by atoms with E-state index in [4.69, 9.17) is 8.83 Å². The van der Waals surface area contributed by atoms with Gasteiger partial charge in [0.15, 0.2) is 5.16 Å². The van der Waals surface area contributed by atoms with Crippen molar-refractivity contribution < 1.29 is 13.9 Å². The van der Waals surface area contributed by atoms with Gasteiger partial charge in [-0.3, -0.25) is 4.57 Å². The van der Waals surface area contributed by atoms with E-state index in [1.165, 1.54) is 23.9 Å². The van der Waals surface area contributed by atoms with Crippen molar-refractivity contribution in [2.24, 2.45) is 0 Å². The van der Waals surface area contributed by atoms with Crippen molar-refractivity contribution in [3.05, 3.63) is 69.7 Å². The molecule has 0 saturated heterocycles. The Hall–Kier alpha value is -3.00. The van der Waals surface area contributed by atoms with Crippen LogP contribution in [0.25, 0.3) is 11.0 Å². The van der Waals surface area contributed by atoms with E-state index in [1.54, 1.807) is 6.26 Å². The van der Waals surface area contributed by atoms with Gasteiger partial charge in [0.1, 0.15) is 22.9 Å². The van der Waals surface area contributed by atoms with Gasteiger partial charge in [0.05, 0.1) is 12.8 Å². The van der Waals surface area contributed by atoms with Crippen molar-refractivity contribution in [1.82, 2.24) is 14.8 Å². The number of phenols is 1. The number of hydrogen-bond acceptors (Lipinski definition) is 7. The maximum atomic E-state index is 12.1. The number of furan rings is 1. The molecule has 30 heavy (non-hydrogen) atoms. The van der Waals surface area contributed by atoms with Crippen molar-refractivity contribution in [2.45, 2.75) is 49.6 Å². The molecule has 5 rings (SSSR count). The molecule has 1 fully saturated rings. The SMILES string of the molecule is CCc1cc2c(CSc3nnc(C4CC4)n3Cc3ccco3)cc(=O)oc2cc1O. The normalized spacial score (nSPS) is 13.9. The second-order valence-electron chi connectivity index (χ2n) is 7.49. The molecule has 4 aromatic rings. The Morgan fingerprint density at radius 3 is 2.83 bits per heavy atom. The maximum Gasteiger partial charge on any atom is 0.336 e. The zero-order valence-electron chi connectivity index (χ0n) is 16.5. The van der Waals surface area contributed by atoms with Crippen LogP contribution in [-0.2, 0) is 18.7 Å². The zero-order valence-corrected chi connectivity index (χ0v) is 17.3. The molecule has 0 bridgehead atoms. The highest BCUT2D eigenvalue weighted by Gasteiger charge is 2.30. The van der Waals surface area contributed by atoms with Crippen LogP contribution >= 0.6 is 11.8 Å². The monoisotopic (exact) mass is 423 g/mol. The molecule has 1 aliphatic rings. The van der Waals surface area contributed by atoms with Crippen LogP contribution in [-0.4, -0.2) is 19.9 Å². The molecule has 1 aliphatic carbocycles. The number of rotatable bonds is 7. The second kappa shape index (κ2) is 7.68. The van der Waals surface area contributed by atoms with Crippen LogP contribution < -0.4 is 5.63 Å². The number of fused-ring (bicyclic) bond motifs is 1. The van der Waals surface area contributed by atoms with Gasteiger partial charge in [-0.2, -0.15) is 0 Å². The lowest BCUT2D eigenvalue weighted by Crippen LogP contribution is -2.06. The van der Waals surface area contributed by atoms with Gasteiger partial charge >= 0.3 is 5.63 Å². The maximum absolute atomic E-state index is 12.1. The fraction of sp³-hybridized carbons (Fsp3) is 0.318. The number of aromatic hydroxyl groups is 1. The van der Waals surface area contributed by atoms with Crippen LogP contribution in [0.3, 0.4) is 0 Å². The summed E-state index contributed by atoms with van der Waals surface area (Å²) in [5.41, 5.74) is 1.63. The molecule has 0 atom stereocenters. The minimum absolute atomic E-state index is 0.144. The largest absolute Gasteiger partial charge is 0.508 e. The smallest absolute Gasteiger partial charge is 0.336 e. The van der Waals surface area contributed by atoms with Gasteiger partial charge in [0.2, 0.25) is 0 Å². The molecular formula is C22H21N3O4S. The van der Waals surface area contributed by atoms with Gasteiger partial charge in [0.25, 0.3) is 0 Å². The predicted octanol–water partition coefficient (Wildman–Crippen LogP) is 4.46. The zero-order chi connectivity index (χ0) is 20.7. The molecule has 154 valence electrons. The number of benzene rings is 1. The minimum Gasteiger partial charge on any atom is -0.508 e. The fourth-order valence-electron chi connectivity index (χ4n) is 3.61. The minimum atomic E-state index is -0.433. The van der Waals surface area contributed by atoms with Crippen LogP contribution in [0, 0.1) is 0 Å². The van der Waals surface area contributed by atoms with Crippen LogP contribution in [0.15, 0.2) is 55.4 Å². The van der Waals surface area contributed by atoms with Crippen molar-refractivity contribution >= 4 is 22.7 Å². The van der Waals surface area contributed by atoms with E-state index >= 15 is 0 Å². The van der Waals surface area contributed by atoms with Gasteiger partial charge in [-0.05, 0) is 48.6 Å². The Morgan fingerprint density at radius 2 is 2.10 bits per heavy atom. The van der Waals surface area contributed by atoms with E-state index < -0.39 is 5.63 Å². The summed E-state index contributed by atoms with van der Waals surface area (Å²) in [4.78, 5) is 12.1. The highest BCUT2D eigenvalue weighted by molar-refractivity contribution is 7.98. The summed E-state index contributed by atoms with van der Waals surface area (Å²) in [5, 5.41) is 20.6. The van der Waals surface area contributed by atoms with Gasteiger partial charge in [0, 0.05) is 29.2 Å². The third kappa shape index (κ3) is 3.63. The first kappa shape index (κ1) is 19.0. The third-order valence-corrected chi connectivity index (χ3v) is 6.36. The van der Waals surface area contributed by atoms with Crippen molar-refractivity contribution in [3.63, 3.8) is 0 Å². The molecule has 1 N–H and O–H groups in total. The standard InChI is InChI=1S/C22H21N3O4S/c1-2-13-8-17-15(9-20(27)29-19(17)10-18(13)26)12-30-22-24-23-21(14-5-6-14)25(22)11-16-4-3-7-28-16/h3-4,7-10,14,26H,2,5-6,11-12H2,1H3. The van der Waals surface area contributed by atoms with E-state index in [-0.39, 0.29) is 5.75 Å². The summed E-state index contributed by atoms with van der Waals surface area (Å²) in [6, 6.07) is 8.75. The molecule has 1 aromatic carbocycles. The highest BCUT2D eigenvalue weighted by atomic mass is 32.2. The molecule has 0 amide bonds.